The average Bonchev–Trinajstić information content (AvgIpc) is 2.83. The van der Waals surface area contributed by atoms with E-state index in [0.717, 1.165) is 12.1 Å². The summed E-state index contributed by atoms with van der Waals surface area (Å²) in [5.74, 6) is 6.09. The first-order valence-electron chi connectivity index (χ1n) is 7.20. The lowest BCUT2D eigenvalue weighted by molar-refractivity contribution is 0.819. The Kier molecular flexibility index (Phi) is 3.62. The molecule has 1 aliphatic carbocycles. The van der Waals surface area contributed by atoms with Crippen LogP contribution in [0.3, 0.4) is 0 Å². The van der Waals surface area contributed by atoms with Crippen molar-refractivity contribution in [1.29, 1.82) is 0 Å². The van der Waals surface area contributed by atoms with Crippen molar-refractivity contribution in [3.8, 4) is 11.1 Å². The van der Waals surface area contributed by atoms with Gasteiger partial charge in [-0.2, -0.15) is 0 Å². The molecule has 0 amide bonds. The minimum absolute atomic E-state index is 0.183. The molecule has 1 aliphatic rings. The Morgan fingerprint density at radius 3 is 2.62 bits per heavy atom. The van der Waals surface area contributed by atoms with Crippen molar-refractivity contribution in [1.82, 2.24) is 5.43 Å². The fourth-order valence-electron chi connectivity index (χ4n) is 2.72. The van der Waals surface area contributed by atoms with E-state index in [9.17, 15) is 0 Å². The van der Waals surface area contributed by atoms with Gasteiger partial charge in [0.05, 0.1) is 0 Å². The monoisotopic (exact) mass is 280 g/mol. The molecule has 0 saturated heterocycles. The third-order valence-electron chi connectivity index (χ3n) is 3.58. The van der Waals surface area contributed by atoms with Crippen molar-refractivity contribution < 1.29 is 0 Å². The first kappa shape index (κ1) is 13.6. The predicted octanol–water partition coefficient (Wildman–Crippen LogP) is 2.90. The van der Waals surface area contributed by atoms with Crippen molar-refractivity contribution in [2.45, 2.75) is 26.3 Å². The van der Waals surface area contributed by atoms with Crippen molar-refractivity contribution in [3.63, 3.8) is 0 Å². The summed E-state index contributed by atoms with van der Waals surface area (Å²) in [5.41, 5.74) is 8.99. The number of rotatable bonds is 2. The summed E-state index contributed by atoms with van der Waals surface area (Å²) in [5, 5.41) is 3.23. The van der Waals surface area contributed by atoms with Crippen LogP contribution < -0.4 is 16.6 Å². The molecule has 4 N–H and O–H groups in total. The molecule has 0 aliphatic heterocycles. The van der Waals surface area contributed by atoms with Crippen molar-refractivity contribution in [3.05, 3.63) is 53.6 Å². The van der Waals surface area contributed by atoms with Gasteiger partial charge in [0.2, 0.25) is 5.96 Å². The smallest absolute Gasteiger partial charge is 0.210 e. The van der Waals surface area contributed by atoms with Gasteiger partial charge in [-0.3, -0.25) is 5.43 Å². The molecule has 0 heterocycles. The zero-order valence-corrected chi connectivity index (χ0v) is 12.4. The molecule has 0 fully saturated rings. The average molecular weight is 280 g/mol. The summed E-state index contributed by atoms with van der Waals surface area (Å²) in [6, 6.07) is 15.1. The largest absolute Gasteiger partial charge is 0.325 e. The van der Waals surface area contributed by atoms with Gasteiger partial charge in [-0.25, -0.2) is 10.8 Å². The Morgan fingerprint density at radius 2 is 1.86 bits per heavy atom. The first-order chi connectivity index (χ1) is 10.2. The Balaban J connectivity index is 1.87. The van der Waals surface area contributed by atoms with Gasteiger partial charge in [-0.15, -0.1) is 0 Å². The van der Waals surface area contributed by atoms with E-state index in [1.807, 2.05) is 13.8 Å². The molecule has 108 valence electrons. The Labute approximate surface area is 125 Å². The maximum absolute atomic E-state index is 5.51. The quantitative estimate of drug-likeness (QED) is 0.293. The minimum atomic E-state index is 0.183. The zero-order chi connectivity index (χ0) is 14.8. The van der Waals surface area contributed by atoms with Gasteiger partial charge in [-0.1, -0.05) is 30.3 Å². The van der Waals surface area contributed by atoms with Gasteiger partial charge >= 0.3 is 0 Å². The number of nitrogens with zero attached hydrogens (tertiary/aromatic N) is 1. The highest BCUT2D eigenvalue weighted by Crippen LogP contribution is 2.37. The van der Waals surface area contributed by atoms with Crippen molar-refractivity contribution in [2.24, 2.45) is 10.8 Å². The number of guanidine groups is 1. The number of hydrazine groups is 1. The number of hydrogen-bond donors (Lipinski definition) is 3. The van der Waals surface area contributed by atoms with E-state index >= 15 is 0 Å². The number of benzene rings is 2. The summed E-state index contributed by atoms with van der Waals surface area (Å²) < 4.78 is 0. The highest BCUT2D eigenvalue weighted by molar-refractivity contribution is 5.94. The van der Waals surface area contributed by atoms with Crippen molar-refractivity contribution in [2.75, 3.05) is 5.32 Å². The molecule has 0 bridgehead atoms. The van der Waals surface area contributed by atoms with Crippen LogP contribution in [0.4, 0.5) is 5.69 Å². The van der Waals surface area contributed by atoms with Gasteiger partial charge in [0, 0.05) is 11.7 Å². The molecule has 0 aromatic heterocycles. The van der Waals surface area contributed by atoms with Crippen LogP contribution in [0.15, 0.2) is 47.5 Å². The van der Waals surface area contributed by atoms with E-state index in [-0.39, 0.29) is 6.04 Å². The van der Waals surface area contributed by atoms with E-state index in [1.165, 1.54) is 22.3 Å². The minimum Gasteiger partial charge on any atom is -0.325 e. The lowest BCUT2D eigenvalue weighted by Gasteiger charge is -2.11. The molecule has 0 saturated carbocycles. The highest BCUT2D eigenvalue weighted by Gasteiger charge is 2.17. The normalized spacial score (nSPS) is 13.0. The van der Waals surface area contributed by atoms with Gasteiger partial charge < -0.3 is 5.32 Å². The lowest BCUT2D eigenvalue weighted by atomic mass is 10.1. The second-order valence-corrected chi connectivity index (χ2v) is 5.55. The van der Waals surface area contributed by atoms with E-state index < -0.39 is 0 Å². The predicted molar refractivity (Wildman–Crippen MR) is 88.2 cm³/mol. The summed E-state index contributed by atoms with van der Waals surface area (Å²) in [4.78, 5) is 4.39. The van der Waals surface area contributed by atoms with Gasteiger partial charge in [0.1, 0.15) is 0 Å². The van der Waals surface area contributed by atoms with Crippen LogP contribution >= 0.6 is 0 Å². The molecular formula is C17H20N4. The summed E-state index contributed by atoms with van der Waals surface area (Å²) >= 11 is 0. The Bertz CT molecular complexity index is 689. The molecular weight excluding hydrogens is 260 g/mol. The maximum Gasteiger partial charge on any atom is 0.210 e. The van der Waals surface area contributed by atoms with Crippen LogP contribution in [0.25, 0.3) is 11.1 Å². The summed E-state index contributed by atoms with van der Waals surface area (Å²) in [7, 11) is 0. The number of anilines is 1. The molecule has 3 rings (SSSR count). The number of nitrogens with one attached hydrogen (secondary N) is 2. The molecule has 0 spiro atoms. The summed E-state index contributed by atoms with van der Waals surface area (Å²) in [6.07, 6.45) is 0.980. The molecule has 4 heteroatoms. The molecule has 21 heavy (non-hydrogen) atoms. The molecule has 0 radical (unpaired) electrons. The molecule has 2 aromatic rings. The zero-order valence-electron chi connectivity index (χ0n) is 12.4. The third-order valence-corrected chi connectivity index (χ3v) is 3.58. The van der Waals surface area contributed by atoms with E-state index in [2.05, 4.69) is 58.2 Å². The fraction of sp³-hybridized carbons (Fsp3) is 0.235. The number of hydrogen-bond acceptors (Lipinski definition) is 2. The number of aliphatic imine (C=N–C) groups is 1. The SMILES string of the molecule is CC(C)N=C(NN)Nc1ccc2c(c1)Cc1ccccc1-2. The van der Waals surface area contributed by atoms with E-state index in [0.29, 0.717) is 5.96 Å². The lowest BCUT2D eigenvalue weighted by Crippen LogP contribution is -2.37. The molecule has 4 nitrogen and oxygen atoms in total. The standard InChI is InChI=1S/C17H20N4/c1-11(2)19-17(21-18)20-14-7-8-16-13(10-14)9-12-5-3-4-6-15(12)16/h3-8,10-11H,9,18H2,1-2H3,(H2,19,20,21). The third kappa shape index (κ3) is 2.76. The van der Waals surface area contributed by atoms with Gasteiger partial charge in [-0.05, 0) is 54.7 Å². The molecule has 2 aromatic carbocycles. The van der Waals surface area contributed by atoms with Gasteiger partial charge in [0.15, 0.2) is 0 Å². The van der Waals surface area contributed by atoms with Crippen LogP contribution in [0.2, 0.25) is 0 Å². The number of fused-ring (bicyclic) bond motifs is 3. The number of nitrogens with two attached hydrogens (primary N) is 1. The Hall–Kier alpha value is -2.33. The fourth-order valence-corrected chi connectivity index (χ4v) is 2.72. The van der Waals surface area contributed by atoms with Crippen LogP contribution in [0.1, 0.15) is 25.0 Å². The van der Waals surface area contributed by atoms with Crippen LogP contribution in [-0.4, -0.2) is 12.0 Å². The van der Waals surface area contributed by atoms with E-state index in [1.54, 1.807) is 0 Å². The van der Waals surface area contributed by atoms with Gasteiger partial charge in [0.25, 0.3) is 0 Å². The molecule has 0 atom stereocenters. The van der Waals surface area contributed by atoms with Crippen LogP contribution in [-0.2, 0) is 6.42 Å². The maximum atomic E-state index is 5.51. The topological polar surface area (TPSA) is 62.4 Å². The van der Waals surface area contributed by atoms with E-state index in [4.69, 9.17) is 5.84 Å². The van der Waals surface area contributed by atoms with Crippen LogP contribution in [0.5, 0.6) is 0 Å². The second kappa shape index (κ2) is 5.58. The summed E-state index contributed by atoms with van der Waals surface area (Å²) in [6.45, 7) is 4.02. The molecule has 0 unspecified atom stereocenters. The van der Waals surface area contributed by atoms with Crippen LogP contribution in [0, 0.1) is 0 Å². The Morgan fingerprint density at radius 1 is 1.10 bits per heavy atom. The highest BCUT2D eigenvalue weighted by atomic mass is 15.3. The first-order valence-corrected chi connectivity index (χ1v) is 7.20. The second-order valence-electron chi connectivity index (χ2n) is 5.55. The van der Waals surface area contributed by atoms with Crippen molar-refractivity contribution >= 4 is 11.6 Å².